The van der Waals surface area contributed by atoms with Crippen LogP contribution in [0.25, 0.3) is 0 Å². The third-order valence-corrected chi connectivity index (χ3v) is 7.34. The highest BCUT2D eigenvalue weighted by Crippen LogP contribution is 2.10. The average Bonchev–Trinajstić information content (AvgIpc) is 3.46. The number of rotatable bonds is 36. The van der Waals surface area contributed by atoms with Crippen molar-refractivity contribution in [2.75, 3.05) is 0 Å². The van der Waals surface area contributed by atoms with Gasteiger partial charge in [0.2, 0.25) is 0 Å². The van der Waals surface area contributed by atoms with Gasteiger partial charge in [-0.25, -0.2) is 0 Å². The van der Waals surface area contributed by atoms with Gasteiger partial charge in [-0.05, 0) is 25.7 Å². The van der Waals surface area contributed by atoms with Crippen LogP contribution in [-0.4, -0.2) is 0 Å². The van der Waals surface area contributed by atoms with Crippen molar-refractivity contribution in [3.8, 4) is 0 Å². The molecule has 15 unspecified atom stereocenters. The molecule has 0 aromatic carbocycles. The van der Waals surface area contributed by atoms with Gasteiger partial charge in [0.15, 0.2) is 0 Å². The topological polar surface area (TPSA) is 0 Å². The molecule has 0 nitrogen and oxygen atoms in total. The van der Waals surface area contributed by atoms with E-state index in [-0.39, 0.29) is 20.7 Å². The maximum atomic E-state index is 7.84. The Morgan fingerprint density at radius 2 is 0.667 bits per heavy atom. The first-order chi connectivity index (χ1) is 37.1. The summed E-state index contributed by atoms with van der Waals surface area (Å²) in [5.41, 5.74) is 0. The van der Waals surface area contributed by atoms with Crippen molar-refractivity contribution in [2.45, 2.75) is 274 Å². The molecule has 0 fully saturated rings. The van der Waals surface area contributed by atoms with E-state index in [4.69, 9.17) is 24.7 Å². The van der Waals surface area contributed by atoms with E-state index in [0.29, 0.717) is 19.3 Å². The average molecular weight is 854 g/mol. The molecule has 60 heavy (non-hydrogen) atoms. The normalized spacial score (nSPS) is 22.9. The van der Waals surface area contributed by atoms with E-state index >= 15 is 0 Å². The lowest BCUT2D eigenvalue weighted by molar-refractivity contribution is 0.562. The molecule has 0 heteroatoms. The van der Waals surface area contributed by atoms with Gasteiger partial charge < -0.3 is 0 Å². The van der Waals surface area contributed by atoms with E-state index < -0.39 is 96.0 Å². The lowest BCUT2D eigenvalue weighted by atomic mass is 10.1. The van der Waals surface area contributed by atoms with E-state index in [2.05, 4.69) is 77.8 Å². The molecule has 0 rings (SSSR count). The summed E-state index contributed by atoms with van der Waals surface area (Å²) in [6, 6.07) is 0. The Hall–Kier alpha value is -2.34. The Bertz CT molecular complexity index is 1420. The van der Waals surface area contributed by atoms with Gasteiger partial charge in [0, 0.05) is 24.7 Å². The van der Waals surface area contributed by atoms with Crippen LogP contribution in [0.3, 0.4) is 0 Å². The number of unbranched alkanes of at least 4 members (excludes halogenated alkanes) is 10. The van der Waals surface area contributed by atoms with Crippen molar-refractivity contribution < 1.29 is 24.7 Å². The molecule has 0 aromatic heterocycles. The molecule has 0 aliphatic rings. The first-order valence-corrected chi connectivity index (χ1v) is 23.1. The molecule has 15 atom stereocenters. The Morgan fingerprint density at radius 1 is 0.317 bits per heavy atom. The van der Waals surface area contributed by atoms with Crippen molar-refractivity contribution in [1.29, 1.82) is 0 Å². The second-order valence-corrected chi connectivity index (χ2v) is 13.1. The zero-order valence-electron chi connectivity index (χ0n) is 58.3. The Kier molecular flexibility index (Phi) is 53.5. The van der Waals surface area contributed by atoms with Crippen molar-refractivity contribution in [3.05, 3.63) is 111 Å². The molecule has 0 aliphatic heterocycles. The second kappa shape index (κ2) is 84.2. The third kappa shape index (κ3) is 106. The second-order valence-electron chi connectivity index (χ2n) is 13.1. The van der Waals surface area contributed by atoms with Gasteiger partial charge in [-0.1, -0.05) is 359 Å². The fourth-order valence-corrected chi connectivity index (χ4v) is 4.01. The summed E-state index contributed by atoms with van der Waals surface area (Å²) in [6.45, 7) is 22.5. The lowest BCUT2D eigenvalue weighted by Gasteiger charge is -1.99. The highest BCUT2D eigenvalue weighted by molar-refractivity contribution is 5.09. The highest BCUT2D eigenvalue weighted by Gasteiger charge is 1.90. The number of allylic oxidation sites excluding steroid dienone is 15. The first-order valence-electron chi connectivity index (χ1n) is 33.9. The van der Waals surface area contributed by atoms with Gasteiger partial charge in [-0.3, -0.25) is 0 Å². The van der Waals surface area contributed by atoms with Crippen molar-refractivity contribution >= 4 is 0 Å². The minimum atomic E-state index is -1.05. The van der Waals surface area contributed by atoms with Crippen LogP contribution >= 0.6 is 0 Å². The van der Waals surface area contributed by atoms with Gasteiger partial charge in [0.25, 0.3) is 0 Å². The van der Waals surface area contributed by atoms with Gasteiger partial charge in [0.1, 0.15) is 0 Å². The molecule has 0 aliphatic carbocycles. The standard InChI is InChI=1S/C12H26.C12H20.C10H22.C10H16.C8H18.C8H12/c2*1-3-5-7-9-11-12-10-8-6-4-2;2*1-3-5-7-9-10-8-6-4-2;2*1-3-5-7-8-6-4-2/h3-12H2,1-2H3;3,5,7,9,11H,1,4,6,8,10,12H2,2H3;3-10H2,1-2H3;3,5,7,9-10H,1,4,6,8H2,2H3;3-8H2,1-2H3;3,5-8H,1,4H2,2H3/b;7-5+,11-9+;;7-5+,10-9+;;7-5+,8-6+/i1D,3D,5D,7D,9D,11D;;1D,3D,5D,7D,9D,10D;;1D,3D,5D,6D,7D,8D;. The Labute approximate surface area is 408 Å². The summed E-state index contributed by atoms with van der Waals surface area (Å²) in [4.78, 5) is 0. The van der Waals surface area contributed by atoms with Gasteiger partial charge >= 0.3 is 0 Å². The molecule has 0 saturated carbocycles. The highest BCUT2D eigenvalue weighted by atomic mass is 14.0. The monoisotopic (exact) mass is 853 g/mol. The summed E-state index contributed by atoms with van der Waals surface area (Å²) in [5.74, 6) is 0. The zero-order valence-corrected chi connectivity index (χ0v) is 40.3. The smallest absolute Gasteiger partial charge is 0.0267 e. The van der Waals surface area contributed by atoms with Crippen LogP contribution < -0.4 is 0 Å². The van der Waals surface area contributed by atoms with Crippen LogP contribution in [0, 0.1) is 0 Å². The molecule has 0 saturated heterocycles. The van der Waals surface area contributed by atoms with Crippen molar-refractivity contribution in [2.24, 2.45) is 0 Å². The van der Waals surface area contributed by atoms with E-state index in [9.17, 15) is 0 Å². The quantitative estimate of drug-likeness (QED) is 0.0435. The first kappa shape index (κ1) is 38.1. The summed E-state index contributed by atoms with van der Waals surface area (Å²) in [7, 11) is 0. The molecule has 0 radical (unpaired) electrons. The molecular weight excluding hydrogens is 721 g/mol. The zero-order chi connectivity index (χ0) is 61.1. The third-order valence-electron chi connectivity index (χ3n) is 7.34. The summed E-state index contributed by atoms with van der Waals surface area (Å²) < 4.78 is 135. The maximum absolute atomic E-state index is 7.84. The molecule has 354 valence electrons. The Balaban J connectivity index is -0.000000203. The van der Waals surface area contributed by atoms with E-state index in [0.717, 1.165) is 44.9 Å². The van der Waals surface area contributed by atoms with Crippen LogP contribution in [0.2, 0.25) is 0 Å². The fraction of sp³-hybridized carbons (Fsp3) is 0.700. The molecule has 0 bridgehead atoms. The predicted molar refractivity (Wildman–Crippen MR) is 289 cm³/mol. The predicted octanol–water partition coefficient (Wildman–Crippen LogP) is 22.9. The van der Waals surface area contributed by atoms with Gasteiger partial charge in [-0.15, -0.1) is 0 Å². The van der Waals surface area contributed by atoms with Crippen molar-refractivity contribution in [3.63, 3.8) is 0 Å². The van der Waals surface area contributed by atoms with Crippen LogP contribution in [0.4, 0.5) is 0 Å². The van der Waals surface area contributed by atoms with Gasteiger partial charge in [-0.2, -0.15) is 0 Å². The number of hydrogen-bond donors (Lipinski definition) is 0. The number of hydrogen-bond acceptors (Lipinski definition) is 0. The Morgan fingerprint density at radius 3 is 1.07 bits per heavy atom. The van der Waals surface area contributed by atoms with Crippen LogP contribution in [0.15, 0.2) is 111 Å². The summed E-state index contributed by atoms with van der Waals surface area (Å²) in [5, 5.41) is 0. The maximum Gasteiger partial charge on any atom is 0.0267 e. The SMILES string of the molecule is C=C/C=C/C=C/CC.C=C/C=C/C=C/CCCC.C=C/C=C/C=C/CCCCCC.[2H]CC([2H])C([2H])C([2H])C([2H])C([2H])CC.[2H]CC([2H])C([2H])C([2H])C([2H])C([2H])CCCC.[2H]CC([2H])C([2H])C([2H])C([2H])C([2H])CCCCCC. The molecular formula is C60H114. The van der Waals surface area contributed by atoms with Crippen molar-refractivity contribution in [1.82, 2.24) is 0 Å². The summed E-state index contributed by atoms with van der Waals surface area (Å²) >= 11 is 0. The molecule has 0 heterocycles. The molecule has 0 aromatic rings. The van der Waals surface area contributed by atoms with E-state index in [1.807, 2.05) is 49.5 Å². The van der Waals surface area contributed by atoms with Crippen LogP contribution in [0.5, 0.6) is 0 Å². The van der Waals surface area contributed by atoms with Gasteiger partial charge in [0.05, 0.1) is 0 Å². The van der Waals surface area contributed by atoms with E-state index in [1.54, 1.807) is 25.2 Å². The molecule has 0 amide bonds. The lowest BCUT2D eigenvalue weighted by Crippen LogP contribution is -1.80. The minimum absolute atomic E-state index is 0.213. The molecule has 0 N–H and O–H groups in total. The van der Waals surface area contributed by atoms with Crippen LogP contribution in [-0.2, 0) is 0 Å². The van der Waals surface area contributed by atoms with E-state index in [1.165, 1.54) is 51.4 Å². The minimum Gasteiger partial charge on any atom is -0.0991 e. The summed E-state index contributed by atoms with van der Waals surface area (Å²) in [6.07, 6.45) is 35.1. The fourth-order valence-electron chi connectivity index (χ4n) is 4.01. The largest absolute Gasteiger partial charge is 0.0991 e. The molecule has 0 spiro atoms. The van der Waals surface area contributed by atoms with Crippen LogP contribution in [0.1, 0.15) is 298 Å².